The second-order valence-corrected chi connectivity index (χ2v) is 6.07. The molecule has 0 fully saturated rings. The van der Waals surface area contributed by atoms with Gasteiger partial charge in [0.1, 0.15) is 5.75 Å². The third kappa shape index (κ3) is 5.32. The maximum Gasteiger partial charge on any atom is 0.119 e. The van der Waals surface area contributed by atoms with Crippen molar-refractivity contribution in [2.45, 2.75) is 26.4 Å². The Morgan fingerprint density at radius 3 is 2.88 bits per heavy atom. The first-order valence-electron chi connectivity index (χ1n) is 5.81. The van der Waals surface area contributed by atoms with Crippen LogP contribution in [-0.2, 0) is 6.54 Å². The van der Waals surface area contributed by atoms with E-state index in [4.69, 9.17) is 4.74 Å². The molecule has 0 aliphatic carbocycles. The summed E-state index contributed by atoms with van der Waals surface area (Å²) < 4.78 is 6.35. The number of rotatable bonds is 7. The molecule has 17 heavy (non-hydrogen) atoms. The molecule has 0 spiro atoms. The van der Waals surface area contributed by atoms with Crippen LogP contribution in [-0.4, -0.2) is 24.7 Å². The fraction of sp³-hybridized carbons (Fsp3) is 0.538. The smallest absolute Gasteiger partial charge is 0.119 e. The number of benzene rings is 1. The maximum atomic E-state index is 5.23. The summed E-state index contributed by atoms with van der Waals surface area (Å²) in [5, 5.41) is 3.52. The summed E-state index contributed by atoms with van der Waals surface area (Å²) in [6.45, 7) is 5.27. The highest BCUT2D eigenvalue weighted by Gasteiger charge is 2.05. The van der Waals surface area contributed by atoms with Crippen molar-refractivity contribution in [1.82, 2.24) is 5.32 Å². The van der Waals surface area contributed by atoms with Crippen molar-refractivity contribution in [2.24, 2.45) is 0 Å². The van der Waals surface area contributed by atoms with Crippen LogP contribution >= 0.6 is 27.7 Å². The van der Waals surface area contributed by atoms with E-state index in [1.54, 1.807) is 7.11 Å². The van der Waals surface area contributed by atoms with E-state index in [-0.39, 0.29) is 0 Å². The predicted octanol–water partition coefficient (Wildman–Crippen LogP) is 3.69. The van der Waals surface area contributed by atoms with Crippen molar-refractivity contribution in [1.29, 1.82) is 0 Å². The molecule has 0 amide bonds. The van der Waals surface area contributed by atoms with Gasteiger partial charge in [-0.1, -0.05) is 22.9 Å². The van der Waals surface area contributed by atoms with E-state index in [9.17, 15) is 0 Å². The number of thioether (sulfide) groups is 1. The highest BCUT2D eigenvalue weighted by Crippen LogP contribution is 2.22. The zero-order valence-electron chi connectivity index (χ0n) is 10.6. The largest absolute Gasteiger partial charge is 0.497 e. The van der Waals surface area contributed by atoms with Gasteiger partial charge in [0.2, 0.25) is 0 Å². The van der Waals surface area contributed by atoms with Gasteiger partial charge in [0.15, 0.2) is 0 Å². The Bertz CT molecular complexity index is 346. The lowest BCUT2D eigenvalue weighted by Crippen LogP contribution is -2.27. The van der Waals surface area contributed by atoms with Gasteiger partial charge in [-0.25, -0.2) is 0 Å². The Morgan fingerprint density at radius 1 is 1.47 bits per heavy atom. The lowest BCUT2D eigenvalue weighted by atomic mass is 10.2. The molecule has 4 heteroatoms. The van der Waals surface area contributed by atoms with E-state index in [2.05, 4.69) is 41.2 Å². The van der Waals surface area contributed by atoms with Gasteiger partial charge in [0.05, 0.1) is 7.11 Å². The van der Waals surface area contributed by atoms with Gasteiger partial charge < -0.3 is 10.1 Å². The fourth-order valence-electron chi connectivity index (χ4n) is 1.45. The monoisotopic (exact) mass is 317 g/mol. The zero-order chi connectivity index (χ0) is 12.7. The van der Waals surface area contributed by atoms with E-state index in [1.165, 1.54) is 11.3 Å². The van der Waals surface area contributed by atoms with Crippen molar-refractivity contribution >= 4 is 27.7 Å². The van der Waals surface area contributed by atoms with Crippen LogP contribution in [0.5, 0.6) is 5.75 Å². The Kier molecular flexibility index (Phi) is 7.00. The number of hydrogen-bond donors (Lipinski definition) is 1. The topological polar surface area (TPSA) is 21.3 Å². The number of halogens is 1. The Morgan fingerprint density at radius 2 is 2.24 bits per heavy atom. The molecule has 0 saturated heterocycles. The summed E-state index contributed by atoms with van der Waals surface area (Å²) in [5.41, 5.74) is 1.23. The quantitative estimate of drug-likeness (QED) is 0.828. The minimum atomic E-state index is 0.526. The molecule has 1 N–H and O–H groups in total. The van der Waals surface area contributed by atoms with Crippen molar-refractivity contribution < 1.29 is 4.74 Å². The van der Waals surface area contributed by atoms with E-state index in [1.807, 2.05) is 23.9 Å². The minimum Gasteiger partial charge on any atom is -0.497 e. The van der Waals surface area contributed by atoms with E-state index in [0.717, 1.165) is 22.5 Å². The molecule has 0 bridgehead atoms. The predicted molar refractivity (Wildman–Crippen MR) is 80.0 cm³/mol. The summed E-state index contributed by atoms with van der Waals surface area (Å²) in [7, 11) is 1.70. The summed E-state index contributed by atoms with van der Waals surface area (Å²) >= 11 is 5.53. The number of methoxy groups -OCH3 is 1. The number of hydrogen-bond acceptors (Lipinski definition) is 3. The van der Waals surface area contributed by atoms with Crippen molar-refractivity contribution in [3.63, 3.8) is 0 Å². The van der Waals surface area contributed by atoms with E-state index >= 15 is 0 Å². The van der Waals surface area contributed by atoms with Crippen LogP contribution < -0.4 is 10.1 Å². The van der Waals surface area contributed by atoms with Gasteiger partial charge >= 0.3 is 0 Å². The Labute approximate surface area is 117 Å². The third-order valence-corrected chi connectivity index (χ3v) is 4.38. The fourth-order valence-corrected chi connectivity index (χ4v) is 2.55. The SMILES string of the molecule is CCSCC(C)NCc1cc(OC)ccc1Br. The highest BCUT2D eigenvalue weighted by molar-refractivity contribution is 9.10. The molecular formula is C13H20BrNOS. The van der Waals surface area contributed by atoms with Gasteiger partial charge in [-0.15, -0.1) is 0 Å². The van der Waals surface area contributed by atoms with Crippen LogP contribution in [0.3, 0.4) is 0 Å². The first kappa shape index (κ1) is 14.9. The highest BCUT2D eigenvalue weighted by atomic mass is 79.9. The first-order valence-corrected chi connectivity index (χ1v) is 7.75. The zero-order valence-corrected chi connectivity index (χ0v) is 13.0. The van der Waals surface area contributed by atoms with Crippen LogP contribution in [0.1, 0.15) is 19.4 Å². The summed E-state index contributed by atoms with van der Waals surface area (Å²) in [4.78, 5) is 0. The summed E-state index contributed by atoms with van der Waals surface area (Å²) in [6.07, 6.45) is 0. The Balaban J connectivity index is 2.50. The lowest BCUT2D eigenvalue weighted by Gasteiger charge is -2.14. The molecule has 0 saturated carbocycles. The molecule has 0 aromatic heterocycles. The van der Waals surface area contributed by atoms with Gasteiger partial charge in [0.25, 0.3) is 0 Å². The van der Waals surface area contributed by atoms with Crippen LogP contribution in [0, 0.1) is 0 Å². The molecule has 0 heterocycles. The minimum absolute atomic E-state index is 0.526. The lowest BCUT2D eigenvalue weighted by molar-refractivity contribution is 0.413. The second kappa shape index (κ2) is 8.01. The third-order valence-electron chi connectivity index (χ3n) is 2.47. The summed E-state index contributed by atoms with van der Waals surface area (Å²) in [6, 6.07) is 6.58. The summed E-state index contributed by atoms with van der Waals surface area (Å²) in [5.74, 6) is 3.23. The molecule has 0 radical (unpaired) electrons. The first-order chi connectivity index (χ1) is 8.17. The molecule has 0 aliphatic heterocycles. The van der Waals surface area contributed by atoms with Crippen molar-refractivity contribution in [3.05, 3.63) is 28.2 Å². The van der Waals surface area contributed by atoms with Crippen molar-refractivity contribution in [3.8, 4) is 5.75 Å². The maximum absolute atomic E-state index is 5.23. The van der Waals surface area contributed by atoms with Crippen LogP contribution in [0.25, 0.3) is 0 Å². The van der Waals surface area contributed by atoms with Crippen molar-refractivity contribution in [2.75, 3.05) is 18.6 Å². The molecule has 2 nitrogen and oxygen atoms in total. The van der Waals surface area contributed by atoms with E-state index in [0.29, 0.717) is 6.04 Å². The Hall–Kier alpha value is -0.190. The molecule has 0 aliphatic rings. The molecule has 1 rings (SSSR count). The van der Waals surface area contributed by atoms with Gasteiger partial charge in [-0.2, -0.15) is 11.8 Å². The molecule has 1 aromatic rings. The normalized spacial score (nSPS) is 12.5. The molecule has 1 aromatic carbocycles. The molecule has 1 unspecified atom stereocenters. The standard InChI is InChI=1S/C13H20BrNOS/c1-4-17-9-10(2)15-8-11-7-12(16-3)5-6-13(11)14/h5-7,10,15H,4,8-9H2,1-3H3. The van der Waals surface area contributed by atoms with Gasteiger partial charge in [-0.3, -0.25) is 0 Å². The number of nitrogens with one attached hydrogen (secondary N) is 1. The second-order valence-electron chi connectivity index (χ2n) is 3.90. The average molecular weight is 318 g/mol. The van der Waals surface area contributed by atoms with Gasteiger partial charge in [-0.05, 0) is 36.4 Å². The van der Waals surface area contributed by atoms with Crippen LogP contribution in [0.4, 0.5) is 0 Å². The molecule has 1 atom stereocenters. The van der Waals surface area contributed by atoms with Gasteiger partial charge in [0, 0.05) is 22.8 Å². The van der Waals surface area contributed by atoms with Crippen LogP contribution in [0.15, 0.2) is 22.7 Å². The molecule has 96 valence electrons. The van der Waals surface area contributed by atoms with Crippen LogP contribution in [0.2, 0.25) is 0 Å². The number of ether oxygens (including phenoxy) is 1. The average Bonchev–Trinajstić information content (AvgIpc) is 2.35. The van der Waals surface area contributed by atoms with E-state index < -0.39 is 0 Å². The molecular weight excluding hydrogens is 298 g/mol.